The molecule has 2 N–H and O–H groups in total. The van der Waals surface area contributed by atoms with Crippen molar-refractivity contribution in [2.24, 2.45) is 5.10 Å². The third kappa shape index (κ3) is 5.98. The fraction of sp³-hybridized carbons (Fsp3) is 0.211. The summed E-state index contributed by atoms with van der Waals surface area (Å²) in [5.74, 6) is -0.772. The van der Waals surface area contributed by atoms with Crippen LogP contribution in [0.2, 0.25) is 10.0 Å². The van der Waals surface area contributed by atoms with E-state index in [1.165, 1.54) is 6.21 Å². The Morgan fingerprint density at radius 2 is 1.81 bits per heavy atom. The van der Waals surface area contributed by atoms with Gasteiger partial charge >= 0.3 is 11.8 Å². The number of hydrazone groups is 1. The van der Waals surface area contributed by atoms with Crippen molar-refractivity contribution in [3.05, 3.63) is 63.6 Å². The molecule has 6 nitrogen and oxygen atoms in total. The van der Waals surface area contributed by atoms with Crippen molar-refractivity contribution in [2.45, 2.75) is 25.5 Å². The zero-order chi connectivity index (χ0) is 19.2. The first-order valence-corrected chi connectivity index (χ1v) is 9.07. The number of carbonyl (C=O) groups is 2. The van der Waals surface area contributed by atoms with Gasteiger partial charge in [0.05, 0.1) is 16.3 Å². The Bertz CT molecular complexity index is 865. The minimum Gasteiger partial charge on any atom is -0.489 e. The molecule has 140 valence electrons. The molecule has 27 heavy (non-hydrogen) atoms. The molecule has 3 rings (SSSR count). The van der Waals surface area contributed by atoms with Gasteiger partial charge in [-0.2, -0.15) is 5.10 Å². The molecule has 0 atom stereocenters. The van der Waals surface area contributed by atoms with Crippen LogP contribution in [0, 0.1) is 0 Å². The molecule has 0 saturated heterocycles. The molecule has 0 heterocycles. The molecule has 0 bridgehead atoms. The smallest absolute Gasteiger partial charge is 0.329 e. The number of benzene rings is 2. The van der Waals surface area contributed by atoms with E-state index in [-0.39, 0.29) is 6.04 Å². The molecular weight excluding hydrogens is 389 g/mol. The summed E-state index contributed by atoms with van der Waals surface area (Å²) in [6, 6.07) is 12.6. The average molecular weight is 406 g/mol. The first-order valence-electron chi connectivity index (χ1n) is 8.32. The Kier molecular flexibility index (Phi) is 6.32. The maximum absolute atomic E-state index is 11.5. The Hall–Kier alpha value is -2.57. The molecule has 8 heteroatoms. The van der Waals surface area contributed by atoms with Crippen molar-refractivity contribution in [3.8, 4) is 5.75 Å². The van der Waals surface area contributed by atoms with Crippen molar-refractivity contribution >= 4 is 41.2 Å². The minimum atomic E-state index is -0.778. The molecule has 1 aliphatic rings. The van der Waals surface area contributed by atoms with Gasteiger partial charge in [0.2, 0.25) is 0 Å². The highest BCUT2D eigenvalue weighted by atomic mass is 35.5. The molecule has 0 radical (unpaired) electrons. The Labute approximate surface area is 166 Å². The van der Waals surface area contributed by atoms with Gasteiger partial charge in [0, 0.05) is 6.04 Å². The molecule has 0 spiro atoms. The number of rotatable bonds is 6. The highest BCUT2D eigenvalue weighted by Crippen LogP contribution is 2.23. The second-order valence-corrected chi connectivity index (χ2v) is 6.87. The molecule has 2 aromatic carbocycles. The summed E-state index contributed by atoms with van der Waals surface area (Å²) in [6.45, 7) is 0.358. The quantitative estimate of drug-likeness (QED) is 0.439. The number of nitrogens with zero attached hydrogens (tertiary/aromatic N) is 1. The molecule has 2 amide bonds. The van der Waals surface area contributed by atoms with E-state index in [0.717, 1.165) is 24.0 Å². The Balaban J connectivity index is 1.46. The number of ether oxygens (including phenoxy) is 1. The third-order valence-electron chi connectivity index (χ3n) is 3.77. The molecule has 1 saturated carbocycles. The van der Waals surface area contributed by atoms with Crippen LogP contribution in [0.5, 0.6) is 5.75 Å². The molecule has 1 fully saturated rings. The summed E-state index contributed by atoms with van der Waals surface area (Å²) in [6.07, 6.45) is 3.29. The van der Waals surface area contributed by atoms with Gasteiger partial charge in [0.1, 0.15) is 12.4 Å². The monoisotopic (exact) mass is 405 g/mol. The summed E-state index contributed by atoms with van der Waals surface area (Å²) < 4.78 is 5.69. The maximum atomic E-state index is 11.5. The van der Waals surface area contributed by atoms with Gasteiger partial charge in [-0.25, -0.2) is 5.43 Å². The van der Waals surface area contributed by atoms with E-state index in [1.54, 1.807) is 36.4 Å². The van der Waals surface area contributed by atoms with Crippen molar-refractivity contribution in [2.75, 3.05) is 0 Å². The van der Waals surface area contributed by atoms with Crippen LogP contribution in [0.3, 0.4) is 0 Å². The van der Waals surface area contributed by atoms with Crippen LogP contribution in [0.25, 0.3) is 0 Å². The van der Waals surface area contributed by atoms with Gasteiger partial charge in [0.15, 0.2) is 0 Å². The van der Waals surface area contributed by atoms with Gasteiger partial charge in [-0.1, -0.05) is 29.3 Å². The second-order valence-electron chi connectivity index (χ2n) is 6.05. The second kappa shape index (κ2) is 8.88. The Morgan fingerprint density at radius 1 is 1.07 bits per heavy atom. The van der Waals surface area contributed by atoms with E-state index in [1.807, 2.05) is 6.07 Å². The van der Waals surface area contributed by atoms with Gasteiger partial charge in [0.25, 0.3) is 0 Å². The lowest BCUT2D eigenvalue weighted by molar-refractivity contribution is -0.139. The Morgan fingerprint density at radius 3 is 2.48 bits per heavy atom. The highest BCUT2D eigenvalue weighted by molar-refractivity contribution is 6.42. The van der Waals surface area contributed by atoms with Crippen LogP contribution in [-0.2, 0) is 16.2 Å². The van der Waals surface area contributed by atoms with Crippen LogP contribution >= 0.6 is 23.2 Å². The van der Waals surface area contributed by atoms with E-state index in [9.17, 15) is 9.59 Å². The molecule has 0 aliphatic heterocycles. The first kappa shape index (κ1) is 19.2. The molecule has 1 aliphatic carbocycles. The summed E-state index contributed by atoms with van der Waals surface area (Å²) in [7, 11) is 0. The number of amides is 2. The van der Waals surface area contributed by atoms with E-state index in [0.29, 0.717) is 22.4 Å². The van der Waals surface area contributed by atoms with Gasteiger partial charge < -0.3 is 10.1 Å². The van der Waals surface area contributed by atoms with E-state index in [4.69, 9.17) is 27.9 Å². The van der Waals surface area contributed by atoms with Gasteiger partial charge in [-0.3, -0.25) is 9.59 Å². The topological polar surface area (TPSA) is 79.8 Å². The van der Waals surface area contributed by atoms with Crippen molar-refractivity contribution in [3.63, 3.8) is 0 Å². The predicted octanol–water partition coefficient (Wildman–Crippen LogP) is 3.30. The summed E-state index contributed by atoms with van der Waals surface area (Å²) >= 11 is 11.9. The minimum absolute atomic E-state index is 0.128. The molecular formula is C19H17Cl2N3O3. The number of nitrogens with one attached hydrogen (secondary N) is 2. The number of hydrogen-bond acceptors (Lipinski definition) is 4. The van der Waals surface area contributed by atoms with Gasteiger partial charge in [-0.15, -0.1) is 0 Å². The van der Waals surface area contributed by atoms with Crippen molar-refractivity contribution in [1.82, 2.24) is 10.7 Å². The molecule has 0 aromatic heterocycles. The summed E-state index contributed by atoms with van der Waals surface area (Å²) in [5.41, 5.74) is 3.85. The van der Waals surface area contributed by atoms with E-state index >= 15 is 0 Å². The SMILES string of the molecule is O=C(N/N=C\c1ccc(OCc2ccc(Cl)c(Cl)c2)cc1)C(=O)NC1CC1. The van der Waals surface area contributed by atoms with Crippen LogP contribution in [-0.4, -0.2) is 24.1 Å². The van der Waals surface area contributed by atoms with E-state index in [2.05, 4.69) is 15.8 Å². The normalized spacial score (nSPS) is 13.4. The standard InChI is InChI=1S/C19H17Cl2N3O3/c20-16-8-3-13(9-17(16)21)11-27-15-6-1-12(2-7-15)10-22-24-19(26)18(25)23-14-4-5-14/h1-3,6-10,14H,4-5,11H2,(H,23,25)(H,24,26)/b22-10-. The average Bonchev–Trinajstić information content (AvgIpc) is 3.47. The van der Waals surface area contributed by atoms with Crippen LogP contribution in [0.15, 0.2) is 47.6 Å². The van der Waals surface area contributed by atoms with Crippen molar-refractivity contribution < 1.29 is 14.3 Å². The van der Waals surface area contributed by atoms with Crippen molar-refractivity contribution in [1.29, 1.82) is 0 Å². The fourth-order valence-corrected chi connectivity index (χ4v) is 2.46. The zero-order valence-electron chi connectivity index (χ0n) is 14.2. The van der Waals surface area contributed by atoms with Gasteiger partial charge in [-0.05, 0) is 60.4 Å². The van der Waals surface area contributed by atoms with Crippen LogP contribution in [0.4, 0.5) is 0 Å². The number of carbonyl (C=O) groups excluding carboxylic acids is 2. The zero-order valence-corrected chi connectivity index (χ0v) is 15.8. The maximum Gasteiger partial charge on any atom is 0.329 e. The van der Waals surface area contributed by atoms with Crippen LogP contribution in [0.1, 0.15) is 24.0 Å². The molecule has 2 aromatic rings. The number of halogens is 2. The first-order chi connectivity index (χ1) is 13.0. The van der Waals surface area contributed by atoms with E-state index < -0.39 is 11.8 Å². The predicted molar refractivity (Wildman–Crippen MR) is 104 cm³/mol. The molecule has 0 unspecified atom stereocenters. The summed E-state index contributed by atoms with van der Waals surface area (Å²) in [5, 5.41) is 7.35. The van der Waals surface area contributed by atoms with Crippen LogP contribution < -0.4 is 15.5 Å². The lowest BCUT2D eigenvalue weighted by atomic mass is 10.2. The fourth-order valence-electron chi connectivity index (χ4n) is 2.14. The lowest BCUT2D eigenvalue weighted by Gasteiger charge is -2.07. The lowest BCUT2D eigenvalue weighted by Crippen LogP contribution is -2.38. The largest absolute Gasteiger partial charge is 0.489 e. The number of hydrogen-bond donors (Lipinski definition) is 2. The third-order valence-corrected chi connectivity index (χ3v) is 4.51. The summed E-state index contributed by atoms with van der Waals surface area (Å²) in [4.78, 5) is 23.0. The highest BCUT2D eigenvalue weighted by Gasteiger charge is 2.26.